The van der Waals surface area contributed by atoms with E-state index in [0.717, 1.165) is 4.43 Å². The fourth-order valence-electron chi connectivity index (χ4n) is 2.79. The van der Waals surface area contributed by atoms with Gasteiger partial charge in [0.1, 0.15) is 18.3 Å². The van der Waals surface area contributed by atoms with Gasteiger partial charge in [0.25, 0.3) is 0 Å². The average Bonchev–Trinajstić information content (AvgIpc) is 2.73. The van der Waals surface area contributed by atoms with Crippen molar-refractivity contribution >= 4 is 30.9 Å². The third-order valence-corrected chi connectivity index (χ3v) is 10.4. The van der Waals surface area contributed by atoms with E-state index in [0.29, 0.717) is 0 Å². The van der Waals surface area contributed by atoms with Gasteiger partial charge in [-0.25, -0.2) is 0 Å². The zero-order chi connectivity index (χ0) is 17.6. The Morgan fingerprint density at radius 1 is 1.13 bits per heavy atom. The second-order valence-electron chi connectivity index (χ2n) is 8.34. The zero-order valence-corrected chi connectivity index (χ0v) is 18.7. The number of hydrogen-bond donors (Lipinski definition) is 0. The van der Waals surface area contributed by atoms with Gasteiger partial charge in [0, 0.05) is 11.5 Å². The van der Waals surface area contributed by atoms with Gasteiger partial charge in [0.15, 0.2) is 20.4 Å². The molecule has 0 unspecified atom stereocenters. The van der Waals surface area contributed by atoms with E-state index in [4.69, 9.17) is 23.4 Å². The Labute approximate surface area is 155 Å². The summed E-state index contributed by atoms with van der Waals surface area (Å²) in [5.74, 6) is -0.625. The molecule has 0 aromatic heterocycles. The van der Waals surface area contributed by atoms with Gasteiger partial charge >= 0.3 is 0 Å². The molecule has 0 aromatic carbocycles. The lowest BCUT2D eigenvalue weighted by atomic mass is 10.0. The third kappa shape index (κ3) is 4.12. The minimum atomic E-state index is -1.99. The van der Waals surface area contributed by atoms with Crippen molar-refractivity contribution in [1.29, 1.82) is 0 Å². The van der Waals surface area contributed by atoms with E-state index in [1.807, 2.05) is 13.8 Å². The van der Waals surface area contributed by atoms with E-state index in [-0.39, 0.29) is 29.5 Å². The maximum absolute atomic E-state index is 6.63. The van der Waals surface area contributed by atoms with Crippen LogP contribution in [0.15, 0.2) is 0 Å². The molecule has 2 aliphatic heterocycles. The molecule has 23 heavy (non-hydrogen) atoms. The molecule has 0 saturated carbocycles. The molecule has 2 saturated heterocycles. The minimum Gasteiger partial charge on any atom is -0.406 e. The van der Waals surface area contributed by atoms with E-state index in [9.17, 15) is 0 Å². The van der Waals surface area contributed by atoms with Crippen molar-refractivity contribution in [1.82, 2.24) is 0 Å². The first-order chi connectivity index (χ1) is 10.4. The molecule has 5 atom stereocenters. The lowest BCUT2D eigenvalue weighted by Crippen LogP contribution is -2.61. The summed E-state index contributed by atoms with van der Waals surface area (Å²) in [7, 11) is -0.321. The Balaban J connectivity index is 2.28. The average molecular weight is 458 g/mol. The minimum absolute atomic E-state index is 0.0495. The molecular weight excluding hydrogens is 427 g/mol. The second-order valence-corrected chi connectivity index (χ2v) is 14.0. The van der Waals surface area contributed by atoms with Gasteiger partial charge in [-0.05, 0) is 32.0 Å². The maximum Gasteiger partial charge on any atom is 0.192 e. The number of rotatable bonds is 4. The van der Waals surface area contributed by atoms with Gasteiger partial charge in [0.05, 0.1) is 6.10 Å². The van der Waals surface area contributed by atoms with E-state index in [1.54, 1.807) is 7.11 Å². The Morgan fingerprint density at radius 3 is 2.17 bits per heavy atom. The van der Waals surface area contributed by atoms with Crippen LogP contribution in [0, 0.1) is 0 Å². The van der Waals surface area contributed by atoms with Crippen LogP contribution >= 0.6 is 22.6 Å². The smallest absolute Gasteiger partial charge is 0.192 e. The number of methoxy groups -OCH3 is 1. The van der Waals surface area contributed by atoms with Crippen LogP contribution in [-0.2, 0) is 23.4 Å². The number of ether oxygens (including phenoxy) is 4. The second kappa shape index (κ2) is 6.81. The summed E-state index contributed by atoms with van der Waals surface area (Å²) in [6, 6.07) is 0. The van der Waals surface area contributed by atoms with Crippen molar-refractivity contribution in [2.45, 2.75) is 89.2 Å². The number of halogens is 1. The number of alkyl halides is 1. The first-order valence-electron chi connectivity index (χ1n) is 8.19. The van der Waals surface area contributed by atoms with Crippen LogP contribution < -0.4 is 0 Å². The Hall–Kier alpha value is 0.747. The highest BCUT2D eigenvalue weighted by Crippen LogP contribution is 2.43. The van der Waals surface area contributed by atoms with Crippen LogP contribution in [0.3, 0.4) is 0 Å². The molecule has 0 N–H and O–H groups in total. The van der Waals surface area contributed by atoms with Crippen LogP contribution in [-0.4, -0.2) is 56.3 Å². The maximum atomic E-state index is 6.63. The van der Waals surface area contributed by atoms with Crippen LogP contribution in [0.5, 0.6) is 0 Å². The normalized spacial score (nSPS) is 37.7. The third-order valence-electron chi connectivity index (χ3n) is 5.05. The molecular formula is C16H31IO5Si. The lowest BCUT2D eigenvalue weighted by molar-refractivity contribution is -0.259. The van der Waals surface area contributed by atoms with Crippen molar-refractivity contribution in [2.24, 2.45) is 0 Å². The van der Waals surface area contributed by atoms with Gasteiger partial charge < -0.3 is 23.4 Å². The highest BCUT2D eigenvalue weighted by atomic mass is 127. The monoisotopic (exact) mass is 458 g/mol. The van der Waals surface area contributed by atoms with Crippen molar-refractivity contribution < 1.29 is 23.4 Å². The highest BCUT2D eigenvalue weighted by molar-refractivity contribution is 14.1. The molecule has 7 heteroatoms. The quantitative estimate of drug-likeness (QED) is 0.365. The summed E-state index contributed by atoms with van der Waals surface area (Å²) >= 11 is 2.32. The predicted octanol–water partition coefficient (Wildman–Crippen LogP) is 3.70. The summed E-state index contributed by atoms with van der Waals surface area (Å²) in [6.07, 6.45) is -1.04. The van der Waals surface area contributed by atoms with Gasteiger partial charge in [-0.15, -0.1) is 0 Å². The topological polar surface area (TPSA) is 46.2 Å². The Kier molecular flexibility index (Phi) is 5.94. The van der Waals surface area contributed by atoms with Crippen molar-refractivity contribution in [3.05, 3.63) is 0 Å². The molecule has 2 fully saturated rings. The number of fused-ring (bicyclic) bond motifs is 1. The van der Waals surface area contributed by atoms with Crippen LogP contribution in [0.1, 0.15) is 34.6 Å². The summed E-state index contributed by atoms with van der Waals surface area (Å²) in [6.45, 7) is 15.0. The number of hydrogen-bond acceptors (Lipinski definition) is 5. The fourth-order valence-corrected chi connectivity index (χ4v) is 4.78. The molecule has 2 rings (SSSR count). The first kappa shape index (κ1) is 20.1. The van der Waals surface area contributed by atoms with Gasteiger partial charge in [0.2, 0.25) is 0 Å². The fraction of sp³-hybridized carbons (Fsp3) is 1.00. The lowest BCUT2D eigenvalue weighted by Gasteiger charge is -2.46. The Bertz CT molecular complexity index is 423. The largest absolute Gasteiger partial charge is 0.406 e. The molecule has 136 valence electrons. The summed E-state index contributed by atoms with van der Waals surface area (Å²) in [5.41, 5.74) is 0. The van der Waals surface area contributed by atoms with E-state index in [2.05, 4.69) is 56.5 Å². The molecule has 2 aliphatic rings. The predicted molar refractivity (Wildman–Crippen MR) is 100 cm³/mol. The molecule has 0 radical (unpaired) electrons. The molecule has 5 nitrogen and oxygen atoms in total. The zero-order valence-electron chi connectivity index (χ0n) is 15.5. The molecule has 0 aromatic rings. The van der Waals surface area contributed by atoms with Gasteiger partial charge in [-0.2, -0.15) is 0 Å². The summed E-state index contributed by atoms with van der Waals surface area (Å²) in [5, 5.41) is 0.107. The standard InChI is InChI=1S/C16H31IO5Si/c1-15(2,3)23(7,8)22-13-12-11(20-16(4,5)21-12)10(9-17)19-14(13)18-6/h10-14H,9H2,1-8H3/t10-,11-,12-,13-,14-/m1/s1. The van der Waals surface area contributed by atoms with E-state index >= 15 is 0 Å². The van der Waals surface area contributed by atoms with E-state index in [1.165, 1.54) is 0 Å². The molecule has 0 amide bonds. The highest BCUT2D eigenvalue weighted by Gasteiger charge is 2.57. The molecule has 0 bridgehead atoms. The summed E-state index contributed by atoms with van der Waals surface area (Å²) in [4.78, 5) is 0. The summed E-state index contributed by atoms with van der Waals surface area (Å²) < 4.78 is 31.5. The Morgan fingerprint density at radius 2 is 1.70 bits per heavy atom. The van der Waals surface area contributed by atoms with Crippen LogP contribution in [0.4, 0.5) is 0 Å². The van der Waals surface area contributed by atoms with Crippen molar-refractivity contribution in [2.75, 3.05) is 11.5 Å². The van der Waals surface area contributed by atoms with Crippen LogP contribution in [0.25, 0.3) is 0 Å². The van der Waals surface area contributed by atoms with Crippen molar-refractivity contribution in [3.63, 3.8) is 0 Å². The first-order valence-corrected chi connectivity index (χ1v) is 12.6. The van der Waals surface area contributed by atoms with Gasteiger partial charge in [-0.3, -0.25) is 0 Å². The molecule has 0 spiro atoms. The van der Waals surface area contributed by atoms with E-state index < -0.39 is 20.4 Å². The van der Waals surface area contributed by atoms with Gasteiger partial charge in [-0.1, -0.05) is 43.4 Å². The molecule has 2 heterocycles. The SMILES string of the molecule is CO[C@@H]1O[C@H](CI)[C@H]2OC(C)(C)O[C@H]2[C@H]1O[Si](C)(C)C(C)(C)C. The van der Waals surface area contributed by atoms with Crippen molar-refractivity contribution in [3.8, 4) is 0 Å². The van der Waals surface area contributed by atoms with Crippen LogP contribution in [0.2, 0.25) is 18.1 Å². The molecule has 0 aliphatic carbocycles.